The zero-order valence-corrected chi connectivity index (χ0v) is 13.9. The summed E-state index contributed by atoms with van der Waals surface area (Å²) in [6.45, 7) is 8.62. The third-order valence-corrected chi connectivity index (χ3v) is 3.38. The number of benzene rings is 1. The van der Waals surface area contributed by atoms with E-state index in [2.05, 4.69) is 5.32 Å². The molecule has 0 aliphatic carbocycles. The Kier molecular flexibility index (Phi) is 8.55. The fraction of sp³-hybridized carbons (Fsp3) is 0.588. The third-order valence-electron chi connectivity index (χ3n) is 3.38. The Hall–Kier alpha value is -1.59. The molecule has 0 saturated carbocycles. The lowest BCUT2D eigenvalue weighted by Gasteiger charge is -2.17. The van der Waals surface area contributed by atoms with Crippen LogP contribution in [0.15, 0.2) is 18.2 Å². The minimum absolute atomic E-state index is 0.0636. The lowest BCUT2D eigenvalue weighted by atomic mass is 10.0. The standard InChI is InChI=1S/C17H28N2O3/c1-4-15(19-10-7-11-21-5-2)17(20)13-8-9-16(22-6-3)14(18)12-13/h8-9,12,15,19H,4-7,10-11,18H2,1-3H3. The van der Waals surface area contributed by atoms with Gasteiger partial charge in [-0.1, -0.05) is 6.92 Å². The van der Waals surface area contributed by atoms with Gasteiger partial charge in [0.25, 0.3) is 0 Å². The first-order chi connectivity index (χ1) is 10.6. The van der Waals surface area contributed by atoms with E-state index >= 15 is 0 Å². The summed E-state index contributed by atoms with van der Waals surface area (Å²) in [7, 11) is 0. The predicted octanol–water partition coefficient (Wildman–Crippen LogP) is 2.65. The highest BCUT2D eigenvalue weighted by atomic mass is 16.5. The number of hydrogen-bond acceptors (Lipinski definition) is 5. The fourth-order valence-electron chi connectivity index (χ4n) is 2.21. The quantitative estimate of drug-likeness (QED) is 0.373. The van der Waals surface area contributed by atoms with Gasteiger partial charge in [0.15, 0.2) is 5.78 Å². The fourth-order valence-corrected chi connectivity index (χ4v) is 2.21. The minimum atomic E-state index is -0.195. The Morgan fingerprint density at radius 1 is 1.27 bits per heavy atom. The number of nitrogens with two attached hydrogens (primary N) is 1. The Balaban J connectivity index is 2.61. The van der Waals surface area contributed by atoms with Crippen LogP contribution in [0.2, 0.25) is 0 Å². The molecular weight excluding hydrogens is 280 g/mol. The summed E-state index contributed by atoms with van der Waals surface area (Å²) >= 11 is 0. The number of Topliss-reactive ketones (excluding diaryl/α,β-unsaturated/α-hetero) is 1. The summed E-state index contributed by atoms with van der Waals surface area (Å²) in [5.74, 6) is 0.686. The Morgan fingerprint density at radius 3 is 2.64 bits per heavy atom. The van der Waals surface area contributed by atoms with Crippen molar-refractivity contribution in [1.29, 1.82) is 0 Å². The molecule has 0 aromatic heterocycles. The van der Waals surface area contributed by atoms with Gasteiger partial charge in [-0.25, -0.2) is 0 Å². The molecule has 0 aliphatic heterocycles. The van der Waals surface area contributed by atoms with Crippen LogP contribution in [-0.2, 0) is 4.74 Å². The van der Waals surface area contributed by atoms with Crippen molar-refractivity contribution in [1.82, 2.24) is 5.32 Å². The number of nitrogens with one attached hydrogen (secondary N) is 1. The van der Waals surface area contributed by atoms with Gasteiger partial charge in [-0.3, -0.25) is 4.79 Å². The SMILES string of the molecule is CCOCCCNC(CC)C(=O)c1ccc(OCC)c(N)c1. The van der Waals surface area contributed by atoms with E-state index in [0.717, 1.165) is 26.0 Å². The normalized spacial score (nSPS) is 12.1. The van der Waals surface area contributed by atoms with Crippen LogP contribution in [0.1, 0.15) is 44.0 Å². The number of ether oxygens (including phenoxy) is 2. The predicted molar refractivity (Wildman–Crippen MR) is 89.5 cm³/mol. The van der Waals surface area contributed by atoms with Gasteiger partial charge in [-0.15, -0.1) is 0 Å². The molecule has 0 saturated heterocycles. The highest BCUT2D eigenvalue weighted by Gasteiger charge is 2.18. The monoisotopic (exact) mass is 308 g/mol. The van der Waals surface area contributed by atoms with E-state index < -0.39 is 0 Å². The van der Waals surface area contributed by atoms with E-state index in [4.69, 9.17) is 15.2 Å². The zero-order chi connectivity index (χ0) is 16.4. The lowest BCUT2D eigenvalue weighted by Crippen LogP contribution is -2.37. The van der Waals surface area contributed by atoms with Crippen LogP contribution in [0.25, 0.3) is 0 Å². The molecule has 1 aromatic rings. The molecule has 0 amide bonds. The second-order valence-electron chi connectivity index (χ2n) is 5.02. The summed E-state index contributed by atoms with van der Waals surface area (Å²) in [6.07, 6.45) is 1.63. The maximum Gasteiger partial charge on any atom is 0.179 e. The molecule has 124 valence electrons. The van der Waals surface area contributed by atoms with Gasteiger partial charge >= 0.3 is 0 Å². The molecule has 1 rings (SSSR count). The van der Waals surface area contributed by atoms with Crippen molar-refractivity contribution in [3.63, 3.8) is 0 Å². The molecule has 22 heavy (non-hydrogen) atoms. The van der Waals surface area contributed by atoms with E-state index in [-0.39, 0.29) is 11.8 Å². The van der Waals surface area contributed by atoms with Gasteiger partial charge in [0.2, 0.25) is 0 Å². The first-order valence-electron chi connectivity index (χ1n) is 8.01. The average Bonchev–Trinajstić information content (AvgIpc) is 2.52. The number of nitrogen functional groups attached to an aromatic ring is 1. The second-order valence-corrected chi connectivity index (χ2v) is 5.02. The van der Waals surface area contributed by atoms with Crippen molar-refractivity contribution in [2.75, 3.05) is 32.1 Å². The molecule has 1 atom stereocenters. The van der Waals surface area contributed by atoms with Crippen molar-refractivity contribution >= 4 is 11.5 Å². The highest BCUT2D eigenvalue weighted by molar-refractivity contribution is 6.01. The number of anilines is 1. The summed E-state index contributed by atoms with van der Waals surface area (Å²) in [5, 5.41) is 3.28. The molecule has 0 heterocycles. The number of carbonyl (C=O) groups excluding carboxylic acids is 1. The zero-order valence-electron chi connectivity index (χ0n) is 13.9. The molecule has 5 heteroatoms. The van der Waals surface area contributed by atoms with Gasteiger partial charge in [0.1, 0.15) is 5.75 Å². The van der Waals surface area contributed by atoms with Crippen LogP contribution in [0, 0.1) is 0 Å². The van der Waals surface area contributed by atoms with Crippen molar-refractivity contribution < 1.29 is 14.3 Å². The van der Waals surface area contributed by atoms with Crippen LogP contribution in [0.3, 0.4) is 0 Å². The molecule has 1 unspecified atom stereocenters. The number of rotatable bonds is 11. The van der Waals surface area contributed by atoms with E-state index in [1.54, 1.807) is 18.2 Å². The molecule has 5 nitrogen and oxygen atoms in total. The van der Waals surface area contributed by atoms with Crippen molar-refractivity contribution in [3.05, 3.63) is 23.8 Å². The Labute approximate surface area is 133 Å². The van der Waals surface area contributed by atoms with Gasteiger partial charge in [0.05, 0.1) is 18.3 Å². The van der Waals surface area contributed by atoms with Crippen LogP contribution in [-0.4, -0.2) is 38.2 Å². The summed E-state index contributed by atoms with van der Waals surface area (Å²) in [6, 6.07) is 5.03. The second kappa shape index (κ2) is 10.2. The Bertz CT molecular complexity index is 463. The number of carbonyl (C=O) groups is 1. The van der Waals surface area contributed by atoms with Crippen LogP contribution >= 0.6 is 0 Å². The third kappa shape index (κ3) is 5.66. The first-order valence-corrected chi connectivity index (χ1v) is 8.01. The largest absolute Gasteiger partial charge is 0.492 e. The molecular formula is C17H28N2O3. The Morgan fingerprint density at radius 2 is 2.05 bits per heavy atom. The lowest BCUT2D eigenvalue weighted by molar-refractivity contribution is 0.0935. The summed E-state index contributed by atoms with van der Waals surface area (Å²) < 4.78 is 10.7. The van der Waals surface area contributed by atoms with E-state index in [1.165, 1.54) is 0 Å². The topological polar surface area (TPSA) is 73.6 Å². The van der Waals surface area contributed by atoms with Crippen LogP contribution < -0.4 is 15.8 Å². The van der Waals surface area contributed by atoms with Crippen LogP contribution in [0.4, 0.5) is 5.69 Å². The maximum absolute atomic E-state index is 12.5. The average molecular weight is 308 g/mol. The summed E-state index contributed by atoms with van der Waals surface area (Å²) in [4.78, 5) is 12.5. The van der Waals surface area contributed by atoms with Crippen molar-refractivity contribution in [3.8, 4) is 5.75 Å². The molecule has 1 aromatic carbocycles. The minimum Gasteiger partial charge on any atom is -0.492 e. The van der Waals surface area contributed by atoms with Crippen molar-refractivity contribution in [2.24, 2.45) is 0 Å². The number of hydrogen-bond donors (Lipinski definition) is 2. The van der Waals surface area contributed by atoms with Gasteiger partial charge in [-0.05, 0) is 51.4 Å². The first kappa shape index (κ1) is 18.5. The van der Waals surface area contributed by atoms with Crippen molar-refractivity contribution in [2.45, 2.75) is 39.7 Å². The highest BCUT2D eigenvalue weighted by Crippen LogP contribution is 2.23. The van der Waals surface area contributed by atoms with Crippen LogP contribution in [0.5, 0.6) is 5.75 Å². The molecule has 0 fully saturated rings. The molecule has 0 bridgehead atoms. The molecule has 0 radical (unpaired) electrons. The molecule has 0 aliphatic rings. The van der Waals surface area contributed by atoms with E-state index in [9.17, 15) is 4.79 Å². The summed E-state index contributed by atoms with van der Waals surface area (Å²) in [5.41, 5.74) is 7.04. The van der Waals surface area contributed by atoms with E-state index in [0.29, 0.717) is 30.2 Å². The number of ketones is 1. The maximum atomic E-state index is 12.5. The molecule has 0 spiro atoms. The van der Waals surface area contributed by atoms with Gasteiger partial charge < -0.3 is 20.5 Å². The van der Waals surface area contributed by atoms with Gasteiger partial charge in [-0.2, -0.15) is 0 Å². The van der Waals surface area contributed by atoms with Gasteiger partial charge in [0, 0.05) is 18.8 Å². The smallest absolute Gasteiger partial charge is 0.179 e. The van der Waals surface area contributed by atoms with E-state index in [1.807, 2.05) is 20.8 Å². The molecule has 3 N–H and O–H groups in total.